The zero-order valence-corrected chi connectivity index (χ0v) is 27.6. The minimum Gasteiger partial charge on any atom is -0.445 e. The van der Waals surface area contributed by atoms with Gasteiger partial charge in [0.05, 0.1) is 29.5 Å². The number of carbonyl (C=O) groups is 3. The van der Waals surface area contributed by atoms with Gasteiger partial charge in [0.1, 0.15) is 30.4 Å². The normalized spacial score (nSPS) is 19.5. The Morgan fingerprint density at radius 1 is 1.02 bits per heavy atom. The van der Waals surface area contributed by atoms with E-state index in [-0.39, 0.29) is 49.5 Å². The summed E-state index contributed by atoms with van der Waals surface area (Å²) < 4.78 is 78.9. The number of ether oxygens (including phenoxy) is 2. The van der Waals surface area contributed by atoms with Crippen molar-refractivity contribution >= 4 is 34.8 Å². The van der Waals surface area contributed by atoms with Crippen LogP contribution in [-0.4, -0.2) is 76.0 Å². The van der Waals surface area contributed by atoms with E-state index in [4.69, 9.17) is 4.74 Å². The molecule has 6 rings (SSSR count). The van der Waals surface area contributed by atoms with E-state index >= 15 is 0 Å². The molecular weight excluding hydrogens is 677 g/mol. The van der Waals surface area contributed by atoms with Crippen molar-refractivity contribution in [1.82, 2.24) is 19.8 Å². The van der Waals surface area contributed by atoms with E-state index in [1.54, 1.807) is 19.2 Å². The van der Waals surface area contributed by atoms with Crippen LogP contribution in [0.4, 0.5) is 32.6 Å². The summed E-state index contributed by atoms with van der Waals surface area (Å²) in [5, 5.41) is 2.66. The highest BCUT2D eigenvalue weighted by atomic mass is 19.3. The van der Waals surface area contributed by atoms with E-state index in [0.717, 1.165) is 10.5 Å². The molecule has 2 N–H and O–H groups in total. The lowest BCUT2D eigenvalue weighted by molar-refractivity contribution is -0.146. The van der Waals surface area contributed by atoms with Gasteiger partial charge in [-0.15, -0.1) is 0 Å². The van der Waals surface area contributed by atoms with Crippen molar-refractivity contribution in [3.05, 3.63) is 89.6 Å². The SMILES string of the molecule is CN(Cc1cc2nc(NC(=O)[C@H]3C[C@@H](F)CN3C(=O)C3(c4ccc(OC(F)F)cc4)CCC(F)(F)CC3)ccc2[nH]1)C(=O)OCc1ccccc1. The summed E-state index contributed by atoms with van der Waals surface area (Å²) in [4.78, 5) is 50.5. The first kappa shape index (κ1) is 35.6. The Morgan fingerprint density at radius 2 is 1.73 bits per heavy atom. The molecule has 1 aliphatic carbocycles. The van der Waals surface area contributed by atoms with Crippen molar-refractivity contribution in [1.29, 1.82) is 0 Å². The second-order valence-electron chi connectivity index (χ2n) is 13.0. The van der Waals surface area contributed by atoms with E-state index < -0.39 is 67.5 Å². The molecule has 15 heteroatoms. The highest BCUT2D eigenvalue weighted by molar-refractivity contribution is 5.99. The number of aromatic amines is 1. The quantitative estimate of drug-likeness (QED) is 0.172. The lowest BCUT2D eigenvalue weighted by Gasteiger charge is -2.42. The molecule has 3 amide bonds. The first-order valence-corrected chi connectivity index (χ1v) is 16.4. The summed E-state index contributed by atoms with van der Waals surface area (Å²) >= 11 is 0. The molecule has 2 aromatic heterocycles. The number of nitrogens with zero attached hydrogens (tertiary/aromatic N) is 3. The maximum atomic E-state index is 14.9. The summed E-state index contributed by atoms with van der Waals surface area (Å²) in [7, 11) is 1.59. The topological polar surface area (TPSA) is 117 Å². The van der Waals surface area contributed by atoms with Crippen LogP contribution in [0.2, 0.25) is 0 Å². The van der Waals surface area contributed by atoms with Crippen LogP contribution >= 0.6 is 0 Å². The number of rotatable bonds is 10. The number of nitrogens with one attached hydrogen (secondary N) is 2. The predicted octanol–water partition coefficient (Wildman–Crippen LogP) is 6.96. The first-order valence-electron chi connectivity index (χ1n) is 16.4. The minimum absolute atomic E-state index is 0.123. The van der Waals surface area contributed by atoms with Crippen LogP contribution in [0, 0.1) is 0 Å². The Balaban J connectivity index is 1.15. The molecule has 0 spiro atoms. The van der Waals surface area contributed by atoms with Gasteiger partial charge in [0, 0.05) is 32.0 Å². The number of benzene rings is 2. The molecule has 1 saturated carbocycles. The fourth-order valence-corrected chi connectivity index (χ4v) is 6.74. The van der Waals surface area contributed by atoms with Gasteiger partial charge in [-0.25, -0.2) is 22.9 Å². The third-order valence-electron chi connectivity index (χ3n) is 9.40. The van der Waals surface area contributed by atoms with Crippen LogP contribution in [0.3, 0.4) is 0 Å². The molecule has 10 nitrogen and oxygen atoms in total. The number of amides is 3. The number of pyridine rings is 1. The maximum absolute atomic E-state index is 14.9. The van der Waals surface area contributed by atoms with Gasteiger partial charge in [-0.05, 0) is 54.3 Å². The Bertz CT molecular complexity index is 1860. The number of fused-ring (bicyclic) bond motifs is 1. The number of likely N-dealkylation sites (tertiary alicyclic amines) is 1. The van der Waals surface area contributed by atoms with Gasteiger partial charge in [-0.3, -0.25) is 9.59 Å². The summed E-state index contributed by atoms with van der Waals surface area (Å²) in [6, 6.07) is 18.1. The Morgan fingerprint density at radius 3 is 2.41 bits per heavy atom. The van der Waals surface area contributed by atoms with Crippen LogP contribution < -0.4 is 10.1 Å². The van der Waals surface area contributed by atoms with Gasteiger partial charge < -0.3 is 29.6 Å². The molecule has 2 atom stereocenters. The van der Waals surface area contributed by atoms with Crippen molar-refractivity contribution in [2.24, 2.45) is 0 Å². The molecule has 3 heterocycles. The second kappa shape index (κ2) is 14.6. The zero-order valence-electron chi connectivity index (χ0n) is 27.6. The van der Waals surface area contributed by atoms with E-state index in [2.05, 4.69) is 20.0 Å². The van der Waals surface area contributed by atoms with Crippen molar-refractivity contribution in [2.75, 3.05) is 18.9 Å². The van der Waals surface area contributed by atoms with Crippen LogP contribution in [0.15, 0.2) is 72.8 Å². The largest absolute Gasteiger partial charge is 0.445 e. The lowest BCUT2D eigenvalue weighted by atomic mass is 9.67. The Labute approximate surface area is 289 Å². The molecule has 2 fully saturated rings. The second-order valence-corrected chi connectivity index (χ2v) is 13.0. The molecule has 270 valence electrons. The van der Waals surface area contributed by atoms with E-state index in [1.807, 2.05) is 30.3 Å². The summed E-state index contributed by atoms with van der Waals surface area (Å²) in [5.74, 6) is -4.46. The van der Waals surface area contributed by atoms with Gasteiger partial charge in [-0.2, -0.15) is 8.78 Å². The summed E-state index contributed by atoms with van der Waals surface area (Å²) in [6.07, 6.45) is -4.20. The fourth-order valence-electron chi connectivity index (χ4n) is 6.74. The maximum Gasteiger partial charge on any atom is 0.410 e. The average Bonchev–Trinajstić information content (AvgIpc) is 3.70. The number of hydrogen-bond acceptors (Lipinski definition) is 6. The molecule has 0 bridgehead atoms. The molecule has 2 aliphatic rings. The smallest absolute Gasteiger partial charge is 0.410 e. The molecule has 0 unspecified atom stereocenters. The van der Waals surface area contributed by atoms with Gasteiger partial charge in [0.15, 0.2) is 0 Å². The highest BCUT2D eigenvalue weighted by Gasteiger charge is 2.53. The third kappa shape index (κ3) is 8.07. The van der Waals surface area contributed by atoms with Crippen LogP contribution in [0.5, 0.6) is 5.75 Å². The van der Waals surface area contributed by atoms with Crippen LogP contribution in [0.1, 0.15) is 48.9 Å². The molecule has 2 aromatic carbocycles. The summed E-state index contributed by atoms with van der Waals surface area (Å²) in [5.41, 5.74) is 1.34. The van der Waals surface area contributed by atoms with E-state index in [1.165, 1.54) is 35.2 Å². The van der Waals surface area contributed by atoms with Gasteiger partial charge in [0.2, 0.25) is 17.7 Å². The molecule has 1 saturated heterocycles. The fraction of sp³-hybridized carbons (Fsp3) is 0.389. The van der Waals surface area contributed by atoms with E-state index in [9.17, 15) is 36.3 Å². The minimum atomic E-state index is -3.08. The number of halogens is 5. The molecule has 1 aliphatic heterocycles. The first-order chi connectivity index (χ1) is 24.3. The van der Waals surface area contributed by atoms with Crippen LogP contribution in [-0.2, 0) is 32.9 Å². The number of hydrogen-bond donors (Lipinski definition) is 2. The van der Waals surface area contributed by atoms with Crippen molar-refractivity contribution in [2.45, 2.75) is 75.4 Å². The van der Waals surface area contributed by atoms with Gasteiger partial charge in [-0.1, -0.05) is 42.5 Å². The molecule has 0 radical (unpaired) electrons. The molecular formula is C36H36F5N5O5. The van der Waals surface area contributed by atoms with Gasteiger partial charge in [0.25, 0.3) is 0 Å². The van der Waals surface area contributed by atoms with Gasteiger partial charge >= 0.3 is 12.7 Å². The van der Waals surface area contributed by atoms with Crippen molar-refractivity contribution in [3.63, 3.8) is 0 Å². The monoisotopic (exact) mass is 713 g/mol. The highest BCUT2D eigenvalue weighted by Crippen LogP contribution is 2.48. The number of anilines is 1. The molecule has 51 heavy (non-hydrogen) atoms. The van der Waals surface area contributed by atoms with Crippen LogP contribution in [0.25, 0.3) is 11.0 Å². The standard InChI is InChI=1S/C36H36F5N5O5/c1-45(34(49)50-21-22-5-3-2-4-6-22)20-25-18-28-27(42-25)11-12-30(43-28)44-31(47)29-17-24(37)19-46(29)32(48)35(13-15-36(40,41)16-14-35)23-7-9-26(10-8-23)51-33(38)39/h2-12,18,24,29,33,42H,13-17,19-21H2,1H3,(H,43,44,47)/t24-,29-/m1/s1. The molecule has 4 aromatic rings. The predicted molar refractivity (Wildman–Crippen MR) is 176 cm³/mol. The Kier molecular flexibility index (Phi) is 10.2. The Hall–Kier alpha value is -5.21. The zero-order chi connectivity index (χ0) is 36.3. The number of alkyl halides is 5. The van der Waals surface area contributed by atoms with E-state index in [0.29, 0.717) is 16.7 Å². The third-order valence-corrected chi connectivity index (χ3v) is 9.40. The number of carbonyl (C=O) groups excluding carboxylic acids is 3. The summed E-state index contributed by atoms with van der Waals surface area (Å²) in [6.45, 7) is -3.20. The van der Waals surface area contributed by atoms with Crippen molar-refractivity contribution in [3.8, 4) is 5.75 Å². The number of aromatic nitrogens is 2. The lowest BCUT2D eigenvalue weighted by Crippen LogP contribution is -2.54. The van der Waals surface area contributed by atoms with Crippen molar-refractivity contribution < 1.29 is 45.8 Å². The average molecular weight is 714 g/mol. The number of H-pyrrole nitrogens is 1.